The van der Waals surface area contributed by atoms with Crippen molar-refractivity contribution < 1.29 is 23.1 Å². The summed E-state index contributed by atoms with van der Waals surface area (Å²) in [7, 11) is 0. The minimum absolute atomic E-state index is 0.101. The largest absolute Gasteiger partial charge is 0.393 e. The third-order valence-electron chi connectivity index (χ3n) is 4.64. The summed E-state index contributed by atoms with van der Waals surface area (Å²) in [5, 5.41) is 16.5. The molecule has 160 valence electrons. The second kappa shape index (κ2) is 7.98. The molecule has 1 unspecified atom stereocenters. The van der Waals surface area contributed by atoms with Crippen LogP contribution in [0.1, 0.15) is 31.0 Å². The molecule has 3 rings (SSSR count). The lowest BCUT2D eigenvalue weighted by molar-refractivity contribution is -0.127. The number of hydrogen-bond acceptors (Lipinski definition) is 4. The molecular weight excluding hydrogens is 397 g/mol. The van der Waals surface area contributed by atoms with E-state index in [0.717, 1.165) is 0 Å². The van der Waals surface area contributed by atoms with Crippen molar-refractivity contribution >= 4 is 17.5 Å². The number of halogens is 3. The van der Waals surface area contributed by atoms with Crippen LogP contribution in [0.5, 0.6) is 0 Å². The van der Waals surface area contributed by atoms with Crippen LogP contribution in [0.4, 0.5) is 29.5 Å². The van der Waals surface area contributed by atoms with Gasteiger partial charge in [-0.2, -0.15) is 13.2 Å². The standard InChI is InChI=1S/C21H23F3N4O2/c1-13-12-28(18-16(26-13)5-4-10-25-18)19(29)27-17(20(2,3)30)15-8-6-14(7-9-15)11-21(22,23)24/h4-10,17,26,30H,1,11-12H2,2-3H3,(H,27,29). The summed E-state index contributed by atoms with van der Waals surface area (Å²) in [5.74, 6) is 0.414. The molecule has 1 aliphatic rings. The van der Waals surface area contributed by atoms with Gasteiger partial charge in [0.25, 0.3) is 0 Å². The van der Waals surface area contributed by atoms with Crippen LogP contribution in [0.2, 0.25) is 0 Å². The fourth-order valence-electron chi connectivity index (χ4n) is 3.30. The Bertz CT molecular complexity index is 937. The van der Waals surface area contributed by atoms with Gasteiger partial charge in [0, 0.05) is 11.9 Å². The Labute approximate surface area is 172 Å². The molecule has 2 heterocycles. The minimum atomic E-state index is -4.31. The number of pyridine rings is 1. The van der Waals surface area contributed by atoms with E-state index in [1.54, 1.807) is 18.3 Å². The van der Waals surface area contributed by atoms with Crippen molar-refractivity contribution in [1.29, 1.82) is 0 Å². The molecule has 30 heavy (non-hydrogen) atoms. The van der Waals surface area contributed by atoms with Gasteiger partial charge in [0.1, 0.15) is 0 Å². The predicted octanol–water partition coefficient (Wildman–Crippen LogP) is 4.15. The number of aliphatic hydroxyl groups is 1. The maximum atomic E-state index is 13.0. The number of hydrogen-bond donors (Lipinski definition) is 3. The topological polar surface area (TPSA) is 77.5 Å². The minimum Gasteiger partial charge on any atom is -0.388 e. The van der Waals surface area contributed by atoms with Crippen molar-refractivity contribution in [2.75, 3.05) is 16.8 Å². The van der Waals surface area contributed by atoms with E-state index in [1.165, 1.54) is 43.0 Å². The van der Waals surface area contributed by atoms with Gasteiger partial charge in [-0.15, -0.1) is 0 Å². The molecule has 2 amide bonds. The van der Waals surface area contributed by atoms with Crippen LogP contribution in [-0.2, 0) is 6.42 Å². The number of rotatable bonds is 4. The van der Waals surface area contributed by atoms with Crippen molar-refractivity contribution in [3.05, 3.63) is 66.0 Å². The molecule has 6 nitrogen and oxygen atoms in total. The SMILES string of the molecule is C=C1CN(C(=O)NC(c2ccc(CC(F)(F)F)cc2)C(C)(C)O)c2ncccc2N1. The summed E-state index contributed by atoms with van der Waals surface area (Å²) in [4.78, 5) is 18.7. The highest BCUT2D eigenvalue weighted by Crippen LogP contribution is 2.31. The summed E-state index contributed by atoms with van der Waals surface area (Å²) in [6.45, 7) is 7.08. The molecule has 2 aromatic rings. The Kier molecular flexibility index (Phi) is 5.76. The number of nitrogens with zero attached hydrogens (tertiary/aromatic N) is 2. The van der Waals surface area contributed by atoms with E-state index in [-0.39, 0.29) is 12.1 Å². The molecule has 0 saturated carbocycles. The van der Waals surface area contributed by atoms with E-state index in [9.17, 15) is 23.1 Å². The summed E-state index contributed by atoms with van der Waals surface area (Å²) in [6, 6.07) is 7.76. The van der Waals surface area contributed by atoms with Gasteiger partial charge in [-0.05, 0) is 37.1 Å². The van der Waals surface area contributed by atoms with Gasteiger partial charge < -0.3 is 15.7 Å². The lowest BCUT2D eigenvalue weighted by Gasteiger charge is -2.35. The molecule has 3 N–H and O–H groups in total. The van der Waals surface area contributed by atoms with E-state index < -0.39 is 30.3 Å². The van der Waals surface area contributed by atoms with Crippen LogP contribution >= 0.6 is 0 Å². The summed E-state index contributed by atoms with van der Waals surface area (Å²) in [5.41, 5.74) is 0.432. The Hall–Kier alpha value is -3.07. The van der Waals surface area contributed by atoms with E-state index in [4.69, 9.17) is 0 Å². The number of anilines is 2. The van der Waals surface area contributed by atoms with E-state index in [2.05, 4.69) is 22.2 Å². The van der Waals surface area contributed by atoms with Gasteiger partial charge in [-0.1, -0.05) is 30.8 Å². The van der Waals surface area contributed by atoms with Gasteiger partial charge in [0.05, 0.1) is 30.3 Å². The molecule has 0 fully saturated rings. The van der Waals surface area contributed by atoms with Crippen LogP contribution < -0.4 is 15.5 Å². The zero-order valence-electron chi connectivity index (χ0n) is 16.6. The van der Waals surface area contributed by atoms with Crippen molar-refractivity contribution in [2.24, 2.45) is 0 Å². The van der Waals surface area contributed by atoms with Crippen molar-refractivity contribution in [3.63, 3.8) is 0 Å². The molecule has 0 saturated heterocycles. The van der Waals surface area contributed by atoms with Crippen LogP contribution in [0, 0.1) is 0 Å². The molecule has 0 spiro atoms. The number of urea groups is 1. The molecular formula is C21H23F3N4O2. The summed E-state index contributed by atoms with van der Waals surface area (Å²) < 4.78 is 37.8. The van der Waals surface area contributed by atoms with Crippen LogP contribution in [-0.4, -0.2) is 34.4 Å². The maximum absolute atomic E-state index is 13.0. The second-order valence-corrected chi connectivity index (χ2v) is 7.76. The number of aromatic nitrogens is 1. The van der Waals surface area contributed by atoms with Gasteiger partial charge in [0.2, 0.25) is 0 Å². The Morgan fingerprint density at radius 3 is 2.57 bits per heavy atom. The van der Waals surface area contributed by atoms with Gasteiger partial charge in [0.15, 0.2) is 5.82 Å². The zero-order chi connectivity index (χ0) is 22.1. The fourth-order valence-corrected chi connectivity index (χ4v) is 3.30. The molecule has 1 aromatic heterocycles. The third-order valence-corrected chi connectivity index (χ3v) is 4.64. The molecule has 1 aromatic carbocycles. The number of amides is 2. The van der Waals surface area contributed by atoms with E-state index in [1.807, 2.05) is 0 Å². The van der Waals surface area contributed by atoms with Crippen molar-refractivity contribution in [3.8, 4) is 0 Å². The highest BCUT2D eigenvalue weighted by atomic mass is 19.4. The summed E-state index contributed by atoms with van der Waals surface area (Å²) in [6.07, 6.45) is -3.80. The quantitative estimate of drug-likeness (QED) is 0.694. The van der Waals surface area contributed by atoms with Crippen molar-refractivity contribution in [2.45, 2.75) is 38.1 Å². The average Bonchev–Trinajstić information content (AvgIpc) is 2.64. The first kappa shape index (κ1) is 21.6. The highest BCUT2D eigenvalue weighted by Gasteiger charge is 2.34. The van der Waals surface area contributed by atoms with Gasteiger partial charge >= 0.3 is 12.2 Å². The Morgan fingerprint density at radius 1 is 1.30 bits per heavy atom. The monoisotopic (exact) mass is 420 g/mol. The van der Waals surface area contributed by atoms with Crippen molar-refractivity contribution in [1.82, 2.24) is 10.3 Å². The maximum Gasteiger partial charge on any atom is 0.393 e. The lowest BCUT2D eigenvalue weighted by atomic mass is 9.91. The fraction of sp³-hybridized carbons (Fsp3) is 0.333. The molecule has 9 heteroatoms. The Morgan fingerprint density at radius 2 is 1.97 bits per heavy atom. The number of alkyl halides is 3. The molecule has 0 aliphatic carbocycles. The average molecular weight is 420 g/mol. The smallest absolute Gasteiger partial charge is 0.388 e. The highest BCUT2D eigenvalue weighted by molar-refractivity contribution is 5.96. The molecule has 1 atom stereocenters. The lowest BCUT2D eigenvalue weighted by Crippen LogP contribution is -2.50. The van der Waals surface area contributed by atoms with Crippen LogP contribution in [0.3, 0.4) is 0 Å². The normalized spacial score (nSPS) is 15.3. The number of carbonyl (C=O) groups excluding carboxylic acids is 1. The van der Waals surface area contributed by atoms with Crippen LogP contribution in [0.25, 0.3) is 0 Å². The number of benzene rings is 1. The molecule has 0 radical (unpaired) electrons. The van der Waals surface area contributed by atoms with Gasteiger partial charge in [-0.3, -0.25) is 4.90 Å². The third kappa shape index (κ3) is 5.10. The van der Waals surface area contributed by atoms with Gasteiger partial charge in [-0.25, -0.2) is 9.78 Å². The van der Waals surface area contributed by atoms with Crippen LogP contribution in [0.15, 0.2) is 54.9 Å². The number of carbonyl (C=O) groups is 1. The molecule has 1 aliphatic heterocycles. The second-order valence-electron chi connectivity index (χ2n) is 7.76. The first-order valence-electron chi connectivity index (χ1n) is 9.30. The molecule has 0 bridgehead atoms. The van der Waals surface area contributed by atoms with E-state index >= 15 is 0 Å². The summed E-state index contributed by atoms with van der Waals surface area (Å²) >= 11 is 0. The Balaban J connectivity index is 1.84. The van der Waals surface area contributed by atoms with E-state index in [0.29, 0.717) is 22.8 Å². The number of fused-ring (bicyclic) bond motifs is 1. The number of nitrogens with one attached hydrogen (secondary N) is 2. The zero-order valence-corrected chi connectivity index (χ0v) is 16.6. The first-order chi connectivity index (χ1) is 13.9. The predicted molar refractivity (Wildman–Crippen MR) is 108 cm³/mol. The first-order valence-corrected chi connectivity index (χ1v) is 9.30.